The number of halogens is 2. The first-order valence-electron chi connectivity index (χ1n) is 11.6. The summed E-state index contributed by atoms with van der Waals surface area (Å²) in [6, 6.07) is 12.2. The molecule has 1 aromatic heterocycles. The maximum Gasteiger partial charge on any atom is 0.195 e. The number of hydrogen-bond acceptors (Lipinski definition) is 4. The Morgan fingerprint density at radius 2 is 1.74 bits per heavy atom. The number of pyridine rings is 1. The Balaban J connectivity index is 1.44. The highest BCUT2D eigenvalue weighted by atomic mass is 19.1. The van der Waals surface area contributed by atoms with Gasteiger partial charge in [-0.25, -0.2) is 8.78 Å². The molecule has 0 spiro atoms. The topological polar surface area (TPSA) is 42.4 Å². The van der Waals surface area contributed by atoms with Gasteiger partial charge in [-0.3, -0.25) is 9.78 Å². The van der Waals surface area contributed by atoms with Crippen molar-refractivity contribution in [1.29, 1.82) is 0 Å². The molecule has 3 aromatic rings. The normalized spacial score (nSPS) is 16.7. The lowest BCUT2D eigenvalue weighted by molar-refractivity contribution is 0.105. The van der Waals surface area contributed by atoms with E-state index in [0.717, 1.165) is 25.6 Å². The summed E-state index contributed by atoms with van der Waals surface area (Å²) in [5, 5.41) is 0. The predicted molar refractivity (Wildman–Crippen MR) is 128 cm³/mol. The Bertz CT molecular complexity index is 1230. The zero-order valence-corrected chi connectivity index (χ0v) is 19.1. The van der Waals surface area contributed by atoms with Crippen LogP contribution in [-0.2, 0) is 0 Å². The van der Waals surface area contributed by atoms with E-state index in [1.165, 1.54) is 25.0 Å². The molecule has 0 saturated carbocycles. The minimum Gasteiger partial charge on any atom is -0.494 e. The first kappa shape index (κ1) is 22.4. The van der Waals surface area contributed by atoms with Crippen molar-refractivity contribution in [2.45, 2.75) is 19.3 Å². The maximum absolute atomic E-state index is 14.1. The van der Waals surface area contributed by atoms with Crippen LogP contribution in [0.4, 0.5) is 8.78 Å². The second-order valence-corrected chi connectivity index (χ2v) is 9.07. The lowest BCUT2D eigenvalue weighted by Gasteiger charge is -2.28. The third kappa shape index (κ3) is 4.50. The summed E-state index contributed by atoms with van der Waals surface area (Å²) in [6.45, 7) is 2.82. The largest absolute Gasteiger partial charge is 0.494 e. The third-order valence-electron chi connectivity index (χ3n) is 6.72. The van der Waals surface area contributed by atoms with Crippen LogP contribution in [0.2, 0.25) is 0 Å². The number of ether oxygens (including phenoxy) is 1. The number of piperidine rings is 1. The number of nitrogens with zero attached hydrogens (tertiary/aromatic N) is 2. The van der Waals surface area contributed by atoms with E-state index in [1.807, 2.05) is 6.07 Å². The lowest BCUT2D eigenvalue weighted by atomic mass is 9.94. The van der Waals surface area contributed by atoms with E-state index in [0.29, 0.717) is 51.7 Å². The fourth-order valence-electron chi connectivity index (χ4n) is 4.88. The number of Topliss-reactive ketones (excluding diaryl/α,β-unsaturated/α-hetero) is 1. The minimum atomic E-state index is -0.692. The second-order valence-electron chi connectivity index (χ2n) is 9.07. The van der Waals surface area contributed by atoms with Gasteiger partial charge in [0.25, 0.3) is 0 Å². The summed E-state index contributed by atoms with van der Waals surface area (Å²) in [5.41, 5.74) is 2.92. The average Bonchev–Trinajstić information content (AvgIpc) is 3.12. The number of allylic oxidation sites excluding steroid dienone is 1. The molecule has 6 heteroatoms. The van der Waals surface area contributed by atoms with E-state index in [9.17, 15) is 13.6 Å². The molecule has 0 bridgehead atoms. The van der Waals surface area contributed by atoms with Crippen LogP contribution in [0.15, 0.2) is 60.9 Å². The van der Waals surface area contributed by atoms with Crippen LogP contribution in [0.1, 0.15) is 46.3 Å². The van der Waals surface area contributed by atoms with Crippen LogP contribution >= 0.6 is 0 Å². The van der Waals surface area contributed by atoms with Crippen LogP contribution in [-0.4, -0.2) is 42.4 Å². The summed E-state index contributed by atoms with van der Waals surface area (Å²) in [5.74, 6) is -0.313. The van der Waals surface area contributed by atoms with Gasteiger partial charge < -0.3 is 9.64 Å². The van der Waals surface area contributed by atoms with Gasteiger partial charge in [0.2, 0.25) is 0 Å². The predicted octanol–water partition coefficient (Wildman–Crippen LogP) is 5.63. The van der Waals surface area contributed by atoms with Crippen molar-refractivity contribution < 1.29 is 18.3 Å². The smallest absolute Gasteiger partial charge is 0.195 e. The molecule has 0 amide bonds. The van der Waals surface area contributed by atoms with Gasteiger partial charge in [0.15, 0.2) is 5.78 Å². The molecule has 2 heterocycles. The van der Waals surface area contributed by atoms with Crippen LogP contribution in [0, 0.1) is 17.6 Å². The molecule has 2 aliphatic rings. The van der Waals surface area contributed by atoms with Crippen molar-refractivity contribution in [2.75, 3.05) is 26.7 Å². The number of hydrogen-bond donors (Lipinski definition) is 0. The first-order valence-corrected chi connectivity index (χ1v) is 11.6. The van der Waals surface area contributed by atoms with Crippen LogP contribution in [0.5, 0.6) is 5.75 Å². The summed E-state index contributed by atoms with van der Waals surface area (Å²) in [4.78, 5) is 20.0. The quantitative estimate of drug-likeness (QED) is 0.479. The fourth-order valence-corrected chi connectivity index (χ4v) is 4.88. The molecule has 1 saturated heterocycles. The molecule has 34 heavy (non-hydrogen) atoms. The molecule has 0 unspecified atom stereocenters. The molecule has 1 fully saturated rings. The van der Waals surface area contributed by atoms with E-state index in [2.05, 4.69) is 16.9 Å². The van der Waals surface area contributed by atoms with Gasteiger partial charge in [-0.15, -0.1) is 0 Å². The molecule has 2 aromatic carbocycles. The van der Waals surface area contributed by atoms with Gasteiger partial charge in [-0.05, 0) is 92.8 Å². The summed E-state index contributed by atoms with van der Waals surface area (Å²) >= 11 is 0. The van der Waals surface area contributed by atoms with Crippen LogP contribution in [0.3, 0.4) is 0 Å². The number of likely N-dealkylation sites (tertiary alicyclic amines) is 1. The van der Waals surface area contributed by atoms with Crippen LogP contribution < -0.4 is 4.74 Å². The SMILES string of the molecule is CN1CCC(CCOc2ccc3c(c2)C(=O)C(c2cccnc2)=C3c2cc(F)cc(F)c2)CC1. The third-order valence-corrected chi connectivity index (χ3v) is 6.72. The minimum absolute atomic E-state index is 0.205. The second kappa shape index (κ2) is 9.47. The molecule has 0 N–H and O–H groups in total. The molecule has 1 aliphatic heterocycles. The Labute approximate surface area is 197 Å². The van der Waals surface area contributed by atoms with Gasteiger partial charge in [0.1, 0.15) is 17.4 Å². The molecule has 5 rings (SSSR count). The fraction of sp³-hybridized carbons (Fsp3) is 0.286. The summed E-state index contributed by atoms with van der Waals surface area (Å²) in [7, 11) is 2.15. The molecule has 4 nitrogen and oxygen atoms in total. The zero-order chi connectivity index (χ0) is 23.7. The number of aromatic nitrogens is 1. The Morgan fingerprint density at radius 3 is 2.44 bits per heavy atom. The zero-order valence-electron chi connectivity index (χ0n) is 19.1. The molecule has 1 aliphatic carbocycles. The first-order chi connectivity index (χ1) is 16.5. The maximum atomic E-state index is 14.1. The average molecular weight is 461 g/mol. The van der Waals surface area contributed by atoms with Gasteiger partial charge in [0, 0.05) is 40.7 Å². The molecule has 0 radical (unpaired) electrons. The summed E-state index contributed by atoms with van der Waals surface area (Å²) in [6.07, 6.45) is 6.54. The molecule has 174 valence electrons. The summed E-state index contributed by atoms with van der Waals surface area (Å²) < 4.78 is 34.2. The highest BCUT2D eigenvalue weighted by Gasteiger charge is 2.32. The number of carbonyl (C=O) groups is 1. The van der Waals surface area contributed by atoms with Gasteiger partial charge in [-0.2, -0.15) is 0 Å². The Kier molecular flexibility index (Phi) is 6.24. The number of carbonyl (C=O) groups excluding carboxylic acids is 1. The van der Waals surface area contributed by atoms with Crippen molar-refractivity contribution in [2.24, 2.45) is 5.92 Å². The molecular formula is C28H26F2N2O2. The van der Waals surface area contributed by atoms with E-state index in [-0.39, 0.29) is 5.78 Å². The van der Waals surface area contributed by atoms with E-state index >= 15 is 0 Å². The standard InChI is InChI=1S/C28H26F2N2O2/c1-32-10-6-18(7-11-32)8-12-34-23-4-5-24-25(16-23)28(33)27(19-3-2-9-31-17-19)26(24)20-13-21(29)15-22(30)14-20/h2-5,9,13-18H,6-8,10-12H2,1H3. The van der Waals surface area contributed by atoms with Crippen molar-refractivity contribution in [3.8, 4) is 5.75 Å². The molecule has 0 atom stereocenters. The van der Waals surface area contributed by atoms with Crippen molar-refractivity contribution in [3.63, 3.8) is 0 Å². The number of rotatable bonds is 6. The highest BCUT2D eigenvalue weighted by Crippen LogP contribution is 2.43. The van der Waals surface area contributed by atoms with Gasteiger partial charge >= 0.3 is 0 Å². The Morgan fingerprint density at radius 1 is 0.971 bits per heavy atom. The van der Waals surface area contributed by atoms with Crippen molar-refractivity contribution in [3.05, 3.63) is 94.8 Å². The van der Waals surface area contributed by atoms with E-state index in [1.54, 1.807) is 36.7 Å². The van der Waals surface area contributed by atoms with Gasteiger partial charge in [-0.1, -0.05) is 6.07 Å². The number of ketones is 1. The lowest BCUT2D eigenvalue weighted by Crippen LogP contribution is -2.30. The van der Waals surface area contributed by atoms with E-state index < -0.39 is 11.6 Å². The Hall–Kier alpha value is -3.38. The van der Waals surface area contributed by atoms with E-state index in [4.69, 9.17) is 4.74 Å². The number of benzene rings is 2. The van der Waals surface area contributed by atoms with Crippen molar-refractivity contribution in [1.82, 2.24) is 9.88 Å². The highest BCUT2D eigenvalue weighted by molar-refractivity contribution is 6.41. The number of fused-ring (bicyclic) bond motifs is 1. The monoisotopic (exact) mass is 460 g/mol. The van der Waals surface area contributed by atoms with Gasteiger partial charge in [0.05, 0.1) is 6.61 Å². The molecular weight excluding hydrogens is 434 g/mol. The van der Waals surface area contributed by atoms with Crippen molar-refractivity contribution >= 4 is 16.9 Å². The van der Waals surface area contributed by atoms with Crippen LogP contribution in [0.25, 0.3) is 11.1 Å².